The van der Waals surface area contributed by atoms with Crippen LogP contribution in [0.25, 0.3) is 0 Å². The third-order valence-corrected chi connectivity index (χ3v) is 3.36. The fourth-order valence-electron chi connectivity index (χ4n) is 2.11. The maximum atomic E-state index is 5.83. The van der Waals surface area contributed by atoms with E-state index in [4.69, 9.17) is 4.74 Å². The summed E-state index contributed by atoms with van der Waals surface area (Å²) in [6, 6.07) is 0. The van der Waals surface area contributed by atoms with Crippen LogP contribution >= 0.6 is 0 Å². The van der Waals surface area contributed by atoms with E-state index in [1.807, 2.05) is 0 Å². The molecule has 1 unspecified atom stereocenters. The Kier molecular flexibility index (Phi) is 14.0. The van der Waals surface area contributed by atoms with Crippen molar-refractivity contribution in [1.29, 1.82) is 0 Å². The van der Waals surface area contributed by atoms with Crippen molar-refractivity contribution >= 4 is 0 Å². The SMILES string of the molecule is CCCCCCCCOC(C)CCCCCC. The summed E-state index contributed by atoms with van der Waals surface area (Å²) in [7, 11) is 0. The summed E-state index contributed by atoms with van der Waals surface area (Å²) in [5.74, 6) is 0. The van der Waals surface area contributed by atoms with E-state index in [2.05, 4.69) is 20.8 Å². The van der Waals surface area contributed by atoms with Crippen LogP contribution in [0.5, 0.6) is 0 Å². The zero-order valence-electron chi connectivity index (χ0n) is 12.5. The quantitative estimate of drug-likeness (QED) is 0.375. The van der Waals surface area contributed by atoms with Crippen LogP contribution in [0.2, 0.25) is 0 Å². The summed E-state index contributed by atoms with van der Waals surface area (Å²) in [5, 5.41) is 0. The standard InChI is InChI=1S/C16H34O/c1-4-6-8-10-11-13-15-17-16(3)14-12-9-7-5-2/h16H,4-15H2,1-3H3. The molecule has 0 aromatic carbocycles. The Hall–Kier alpha value is -0.0400. The van der Waals surface area contributed by atoms with Gasteiger partial charge >= 0.3 is 0 Å². The first kappa shape index (κ1) is 17.0. The highest BCUT2D eigenvalue weighted by atomic mass is 16.5. The predicted octanol–water partition coefficient (Wildman–Crippen LogP) is 5.72. The van der Waals surface area contributed by atoms with Gasteiger partial charge in [-0.1, -0.05) is 71.6 Å². The van der Waals surface area contributed by atoms with E-state index in [0.29, 0.717) is 6.10 Å². The van der Waals surface area contributed by atoms with Gasteiger partial charge < -0.3 is 4.74 Å². The summed E-state index contributed by atoms with van der Waals surface area (Å²) >= 11 is 0. The van der Waals surface area contributed by atoms with Crippen LogP contribution in [0.4, 0.5) is 0 Å². The topological polar surface area (TPSA) is 9.23 Å². The fourth-order valence-corrected chi connectivity index (χ4v) is 2.11. The van der Waals surface area contributed by atoms with Gasteiger partial charge in [0.25, 0.3) is 0 Å². The monoisotopic (exact) mass is 242 g/mol. The number of hydrogen-bond acceptors (Lipinski definition) is 1. The van der Waals surface area contributed by atoms with Gasteiger partial charge in [-0.2, -0.15) is 0 Å². The van der Waals surface area contributed by atoms with E-state index in [0.717, 1.165) is 6.61 Å². The van der Waals surface area contributed by atoms with Crippen molar-refractivity contribution < 1.29 is 4.74 Å². The van der Waals surface area contributed by atoms with E-state index >= 15 is 0 Å². The van der Waals surface area contributed by atoms with Gasteiger partial charge in [0.15, 0.2) is 0 Å². The lowest BCUT2D eigenvalue weighted by Gasteiger charge is -2.12. The molecule has 0 saturated heterocycles. The van der Waals surface area contributed by atoms with E-state index < -0.39 is 0 Å². The molecule has 0 fully saturated rings. The van der Waals surface area contributed by atoms with Crippen LogP contribution < -0.4 is 0 Å². The summed E-state index contributed by atoms with van der Waals surface area (Å²) in [6.07, 6.45) is 15.3. The molecule has 0 heterocycles. The lowest BCUT2D eigenvalue weighted by Crippen LogP contribution is -2.09. The molecule has 0 aromatic heterocycles. The largest absolute Gasteiger partial charge is 0.379 e. The van der Waals surface area contributed by atoms with Crippen molar-refractivity contribution in [2.75, 3.05) is 6.61 Å². The first-order chi connectivity index (χ1) is 8.31. The third kappa shape index (κ3) is 13.9. The summed E-state index contributed by atoms with van der Waals surface area (Å²) < 4.78 is 5.83. The van der Waals surface area contributed by atoms with Crippen molar-refractivity contribution in [1.82, 2.24) is 0 Å². The molecule has 0 spiro atoms. The van der Waals surface area contributed by atoms with E-state index in [1.54, 1.807) is 0 Å². The molecule has 0 N–H and O–H groups in total. The van der Waals surface area contributed by atoms with Crippen molar-refractivity contribution in [3.63, 3.8) is 0 Å². The minimum atomic E-state index is 0.475. The Balaban J connectivity index is 3.08. The fraction of sp³-hybridized carbons (Fsp3) is 1.00. The Morgan fingerprint density at radius 1 is 0.706 bits per heavy atom. The van der Waals surface area contributed by atoms with Crippen LogP contribution in [-0.4, -0.2) is 12.7 Å². The molecule has 1 atom stereocenters. The van der Waals surface area contributed by atoms with Gasteiger partial charge in [0.05, 0.1) is 6.10 Å². The summed E-state index contributed by atoms with van der Waals surface area (Å²) in [5.41, 5.74) is 0. The second-order valence-electron chi connectivity index (χ2n) is 5.30. The first-order valence-corrected chi connectivity index (χ1v) is 7.92. The van der Waals surface area contributed by atoms with E-state index in [1.165, 1.54) is 70.6 Å². The predicted molar refractivity (Wildman–Crippen MR) is 77.5 cm³/mol. The third-order valence-electron chi connectivity index (χ3n) is 3.36. The maximum Gasteiger partial charge on any atom is 0.0547 e. The molecule has 0 bridgehead atoms. The molecule has 1 heteroatoms. The van der Waals surface area contributed by atoms with Crippen LogP contribution in [0, 0.1) is 0 Å². The first-order valence-electron chi connectivity index (χ1n) is 7.92. The number of unbranched alkanes of at least 4 members (excludes halogenated alkanes) is 8. The summed E-state index contributed by atoms with van der Waals surface area (Å²) in [4.78, 5) is 0. The van der Waals surface area contributed by atoms with Crippen molar-refractivity contribution in [2.45, 2.75) is 97.5 Å². The highest BCUT2D eigenvalue weighted by Gasteiger charge is 2.01. The Bertz CT molecular complexity index is 133. The molecule has 0 aliphatic heterocycles. The lowest BCUT2D eigenvalue weighted by molar-refractivity contribution is 0.0557. The Morgan fingerprint density at radius 3 is 1.88 bits per heavy atom. The number of ether oxygens (including phenoxy) is 1. The Morgan fingerprint density at radius 2 is 1.24 bits per heavy atom. The molecule has 0 radical (unpaired) electrons. The molecule has 17 heavy (non-hydrogen) atoms. The van der Waals surface area contributed by atoms with Gasteiger partial charge in [-0.15, -0.1) is 0 Å². The molecule has 0 amide bonds. The molecular formula is C16H34O. The molecule has 0 aliphatic rings. The second kappa shape index (κ2) is 14.0. The normalized spacial score (nSPS) is 12.9. The lowest BCUT2D eigenvalue weighted by atomic mass is 10.1. The van der Waals surface area contributed by atoms with Gasteiger partial charge in [0.1, 0.15) is 0 Å². The molecule has 1 nitrogen and oxygen atoms in total. The minimum absolute atomic E-state index is 0.475. The highest BCUT2D eigenvalue weighted by molar-refractivity contribution is 4.52. The van der Waals surface area contributed by atoms with E-state index in [-0.39, 0.29) is 0 Å². The average molecular weight is 242 g/mol. The van der Waals surface area contributed by atoms with Crippen molar-refractivity contribution in [2.24, 2.45) is 0 Å². The van der Waals surface area contributed by atoms with Crippen LogP contribution in [0.15, 0.2) is 0 Å². The van der Waals surface area contributed by atoms with Crippen molar-refractivity contribution in [3.05, 3.63) is 0 Å². The number of rotatable bonds is 13. The van der Waals surface area contributed by atoms with Gasteiger partial charge in [0, 0.05) is 6.61 Å². The maximum absolute atomic E-state index is 5.83. The second-order valence-corrected chi connectivity index (χ2v) is 5.30. The Labute approximate surface area is 109 Å². The van der Waals surface area contributed by atoms with Crippen molar-refractivity contribution in [3.8, 4) is 0 Å². The molecule has 104 valence electrons. The zero-order chi connectivity index (χ0) is 12.8. The zero-order valence-corrected chi connectivity index (χ0v) is 12.5. The summed E-state index contributed by atoms with van der Waals surface area (Å²) in [6.45, 7) is 7.73. The van der Waals surface area contributed by atoms with Gasteiger partial charge in [-0.05, 0) is 19.8 Å². The van der Waals surface area contributed by atoms with Gasteiger partial charge in [0.2, 0.25) is 0 Å². The van der Waals surface area contributed by atoms with Crippen LogP contribution in [0.1, 0.15) is 91.4 Å². The van der Waals surface area contributed by atoms with E-state index in [9.17, 15) is 0 Å². The van der Waals surface area contributed by atoms with Gasteiger partial charge in [-0.25, -0.2) is 0 Å². The molecule has 0 saturated carbocycles. The molecule has 0 rings (SSSR count). The smallest absolute Gasteiger partial charge is 0.0547 e. The molecular weight excluding hydrogens is 208 g/mol. The number of hydrogen-bond donors (Lipinski definition) is 0. The van der Waals surface area contributed by atoms with Crippen LogP contribution in [0.3, 0.4) is 0 Å². The minimum Gasteiger partial charge on any atom is -0.379 e. The average Bonchev–Trinajstić information content (AvgIpc) is 2.33. The molecule has 0 aromatic rings. The van der Waals surface area contributed by atoms with Crippen LogP contribution in [-0.2, 0) is 4.74 Å². The molecule has 0 aliphatic carbocycles. The highest BCUT2D eigenvalue weighted by Crippen LogP contribution is 2.09. The van der Waals surface area contributed by atoms with Gasteiger partial charge in [-0.3, -0.25) is 0 Å².